The molecule has 0 atom stereocenters. The Morgan fingerprint density at radius 1 is 1.60 bits per heavy atom. The molecule has 0 unspecified atom stereocenters. The summed E-state index contributed by atoms with van der Waals surface area (Å²) in [5.74, 6) is -0.0835. The van der Waals surface area contributed by atoms with E-state index in [-0.39, 0.29) is 5.41 Å². The molecule has 1 aliphatic rings. The van der Waals surface area contributed by atoms with Crippen LogP contribution in [0, 0.1) is 11.3 Å². The number of carbonyl (C=O) groups is 1. The second kappa shape index (κ2) is 2.26. The molecule has 0 aromatic carbocycles. The van der Waals surface area contributed by atoms with Crippen LogP contribution in [-0.4, -0.2) is 11.1 Å². The molecule has 0 saturated heterocycles. The molecule has 1 aliphatic carbocycles. The Hall–Kier alpha value is -0.530. The molecule has 0 spiro atoms. The van der Waals surface area contributed by atoms with Gasteiger partial charge in [0.2, 0.25) is 0 Å². The highest BCUT2D eigenvalue weighted by Gasteiger charge is 2.49. The third kappa shape index (κ3) is 1.31. The molecule has 0 aromatic rings. The summed E-state index contributed by atoms with van der Waals surface area (Å²) in [7, 11) is 0. The third-order valence-corrected chi connectivity index (χ3v) is 2.11. The highest BCUT2D eigenvalue weighted by Crippen LogP contribution is 2.50. The first kappa shape index (κ1) is 7.58. The van der Waals surface area contributed by atoms with Crippen LogP contribution in [0.25, 0.3) is 0 Å². The minimum atomic E-state index is -0.596. The van der Waals surface area contributed by atoms with E-state index >= 15 is 0 Å². The van der Waals surface area contributed by atoms with Crippen molar-refractivity contribution in [3.05, 3.63) is 0 Å². The largest absolute Gasteiger partial charge is 0.481 e. The molecule has 2 heteroatoms. The zero-order chi connectivity index (χ0) is 7.78. The molecule has 0 bridgehead atoms. The van der Waals surface area contributed by atoms with Gasteiger partial charge >= 0.3 is 5.97 Å². The van der Waals surface area contributed by atoms with Crippen molar-refractivity contribution in [2.45, 2.75) is 33.1 Å². The summed E-state index contributed by atoms with van der Waals surface area (Å²) < 4.78 is 0. The van der Waals surface area contributed by atoms with Gasteiger partial charge in [-0.1, -0.05) is 13.8 Å². The summed E-state index contributed by atoms with van der Waals surface area (Å²) >= 11 is 0. The molecule has 58 valence electrons. The Bertz CT molecular complexity index is 145. The van der Waals surface area contributed by atoms with E-state index in [2.05, 4.69) is 13.8 Å². The Balaban J connectivity index is 2.45. The molecule has 1 rings (SSSR count). The van der Waals surface area contributed by atoms with Gasteiger partial charge in [-0.05, 0) is 25.2 Å². The summed E-state index contributed by atoms with van der Waals surface area (Å²) in [5.41, 5.74) is -0.311. The first-order valence-corrected chi connectivity index (χ1v) is 3.80. The number of rotatable bonds is 3. The summed E-state index contributed by atoms with van der Waals surface area (Å²) in [6, 6.07) is 0. The van der Waals surface area contributed by atoms with Crippen LogP contribution in [-0.2, 0) is 4.79 Å². The maximum absolute atomic E-state index is 10.6. The van der Waals surface area contributed by atoms with Crippen molar-refractivity contribution < 1.29 is 9.90 Å². The van der Waals surface area contributed by atoms with E-state index in [1.807, 2.05) is 0 Å². The normalized spacial score (nSPS) is 21.1. The van der Waals surface area contributed by atoms with Crippen LogP contribution in [0.1, 0.15) is 33.1 Å². The molecule has 0 aliphatic heterocycles. The van der Waals surface area contributed by atoms with E-state index in [0.717, 1.165) is 19.3 Å². The fraction of sp³-hybridized carbons (Fsp3) is 0.875. The van der Waals surface area contributed by atoms with Crippen LogP contribution in [0.15, 0.2) is 0 Å². The number of carboxylic acids is 1. The van der Waals surface area contributed by atoms with Gasteiger partial charge in [0.25, 0.3) is 0 Å². The molecule has 1 fully saturated rings. The van der Waals surface area contributed by atoms with Gasteiger partial charge in [0.1, 0.15) is 0 Å². The van der Waals surface area contributed by atoms with Crippen molar-refractivity contribution in [2.24, 2.45) is 11.3 Å². The number of carboxylic acid groups (broad SMARTS) is 1. The lowest BCUT2D eigenvalue weighted by atomic mass is 9.95. The maximum Gasteiger partial charge on any atom is 0.309 e. The van der Waals surface area contributed by atoms with E-state index in [9.17, 15) is 4.79 Å². The SMILES string of the molecule is CC(C)CC1(C(=O)O)CC1. The van der Waals surface area contributed by atoms with Gasteiger partial charge in [-0.15, -0.1) is 0 Å². The van der Waals surface area contributed by atoms with Crippen molar-refractivity contribution in [1.29, 1.82) is 0 Å². The molecule has 0 radical (unpaired) electrons. The molecule has 0 amide bonds. The van der Waals surface area contributed by atoms with Gasteiger partial charge in [-0.2, -0.15) is 0 Å². The second-order valence-corrected chi connectivity index (χ2v) is 3.68. The van der Waals surface area contributed by atoms with E-state index < -0.39 is 5.97 Å². The lowest BCUT2D eigenvalue weighted by molar-refractivity contribution is -0.144. The van der Waals surface area contributed by atoms with Gasteiger partial charge < -0.3 is 5.11 Å². The lowest BCUT2D eigenvalue weighted by Gasteiger charge is -2.11. The van der Waals surface area contributed by atoms with E-state index in [4.69, 9.17) is 5.11 Å². The van der Waals surface area contributed by atoms with E-state index in [0.29, 0.717) is 5.92 Å². The minimum absolute atomic E-state index is 0.311. The summed E-state index contributed by atoms with van der Waals surface area (Å²) in [4.78, 5) is 10.6. The number of hydrogen-bond acceptors (Lipinski definition) is 1. The monoisotopic (exact) mass is 142 g/mol. The van der Waals surface area contributed by atoms with Crippen LogP contribution >= 0.6 is 0 Å². The predicted octanol–water partition coefficient (Wildman–Crippen LogP) is 1.90. The van der Waals surface area contributed by atoms with Gasteiger partial charge in [0.15, 0.2) is 0 Å². The zero-order valence-corrected chi connectivity index (χ0v) is 6.55. The Labute approximate surface area is 61.2 Å². The maximum atomic E-state index is 10.6. The highest BCUT2D eigenvalue weighted by atomic mass is 16.4. The molecule has 0 aromatic heterocycles. The molecule has 1 saturated carbocycles. The molecular formula is C8H14O2. The predicted molar refractivity (Wildman–Crippen MR) is 38.8 cm³/mol. The van der Waals surface area contributed by atoms with Gasteiger partial charge in [0, 0.05) is 0 Å². The molecular weight excluding hydrogens is 128 g/mol. The Morgan fingerprint density at radius 3 is 2.20 bits per heavy atom. The summed E-state index contributed by atoms with van der Waals surface area (Å²) in [6.45, 7) is 4.14. The number of hydrogen-bond donors (Lipinski definition) is 1. The number of aliphatic carboxylic acids is 1. The van der Waals surface area contributed by atoms with Crippen molar-refractivity contribution >= 4 is 5.97 Å². The Kier molecular flexibility index (Phi) is 1.71. The van der Waals surface area contributed by atoms with Crippen molar-refractivity contribution in [3.8, 4) is 0 Å². The van der Waals surface area contributed by atoms with Crippen LogP contribution in [0.3, 0.4) is 0 Å². The smallest absolute Gasteiger partial charge is 0.309 e. The van der Waals surface area contributed by atoms with Crippen molar-refractivity contribution in [2.75, 3.05) is 0 Å². The fourth-order valence-electron chi connectivity index (χ4n) is 1.44. The minimum Gasteiger partial charge on any atom is -0.481 e. The Morgan fingerprint density at radius 2 is 2.10 bits per heavy atom. The lowest BCUT2D eigenvalue weighted by Crippen LogP contribution is -2.16. The quantitative estimate of drug-likeness (QED) is 0.653. The molecule has 10 heavy (non-hydrogen) atoms. The van der Waals surface area contributed by atoms with E-state index in [1.54, 1.807) is 0 Å². The van der Waals surface area contributed by atoms with Gasteiger partial charge in [-0.25, -0.2) is 0 Å². The van der Waals surface area contributed by atoms with E-state index in [1.165, 1.54) is 0 Å². The standard InChI is InChI=1S/C8H14O2/c1-6(2)5-8(3-4-8)7(9)10/h6H,3-5H2,1-2H3,(H,9,10). The average molecular weight is 142 g/mol. The summed E-state index contributed by atoms with van der Waals surface area (Å²) in [5, 5.41) is 8.75. The molecule has 2 nitrogen and oxygen atoms in total. The average Bonchev–Trinajstić information content (AvgIpc) is 2.46. The fourth-order valence-corrected chi connectivity index (χ4v) is 1.44. The molecule has 0 heterocycles. The first-order chi connectivity index (χ1) is 4.57. The molecule has 1 N–H and O–H groups in total. The summed E-state index contributed by atoms with van der Waals surface area (Å²) in [6.07, 6.45) is 2.63. The van der Waals surface area contributed by atoms with Crippen molar-refractivity contribution in [3.63, 3.8) is 0 Å². The zero-order valence-electron chi connectivity index (χ0n) is 6.55. The van der Waals surface area contributed by atoms with Gasteiger partial charge in [-0.3, -0.25) is 4.79 Å². The highest BCUT2D eigenvalue weighted by molar-refractivity contribution is 5.77. The van der Waals surface area contributed by atoms with Crippen LogP contribution in [0.5, 0.6) is 0 Å². The third-order valence-electron chi connectivity index (χ3n) is 2.11. The van der Waals surface area contributed by atoms with Crippen LogP contribution in [0.2, 0.25) is 0 Å². The van der Waals surface area contributed by atoms with Crippen LogP contribution in [0.4, 0.5) is 0 Å². The van der Waals surface area contributed by atoms with Crippen molar-refractivity contribution in [1.82, 2.24) is 0 Å². The first-order valence-electron chi connectivity index (χ1n) is 3.80. The van der Waals surface area contributed by atoms with Gasteiger partial charge in [0.05, 0.1) is 5.41 Å². The second-order valence-electron chi connectivity index (χ2n) is 3.68. The van der Waals surface area contributed by atoms with Crippen LogP contribution < -0.4 is 0 Å². The topological polar surface area (TPSA) is 37.3 Å².